The van der Waals surface area contributed by atoms with Crippen LogP contribution in [0.25, 0.3) is 0 Å². The fourth-order valence-corrected chi connectivity index (χ4v) is 1.60. The molecule has 0 saturated carbocycles. The summed E-state index contributed by atoms with van der Waals surface area (Å²) in [5.41, 5.74) is 0.125. The molecule has 1 aromatic rings. The second-order valence-corrected chi connectivity index (χ2v) is 3.50. The number of carbonyl (C=O) groups excluding carboxylic acids is 1. The highest BCUT2D eigenvalue weighted by atomic mass is 19.1. The Balaban J connectivity index is 2.95. The molecule has 0 aliphatic heterocycles. The molecule has 3 nitrogen and oxygen atoms in total. The third-order valence-corrected chi connectivity index (χ3v) is 2.55. The molecule has 0 amide bonds. The van der Waals surface area contributed by atoms with Gasteiger partial charge in [0.05, 0.1) is 19.1 Å². The quantitative estimate of drug-likeness (QED) is 0.799. The van der Waals surface area contributed by atoms with Gasteiger partial charge in [0.1, 0.15) is 5.82 Å². The second kappa shape index (κ2) is 5.61. The lowest BCUT2D eigenvalue weighted by molar-refractivity contribution is -0.149. The molecule has 88 valence electrons. The van der Waals surface area contributed by atoms with E-state index in [1.54, 1.807) is 13.0 Å². The van der Waals surface area contributed by atoms with Gasteiger partial charge in [-0.2, -0.15) is 0 Å². The number of esters is 1. The first-order chi connectivity index (χ1) is 7.61. The number of benzene rings is 1. The van der Waals surface area contributed by atoms with Gasteiger partial charge in [-0.3, -0.25) is 4.79 Å². The molecule has 16 heavy (non-hydrogen) atoms. The van der Waals surface area contributed by atoms with Crippen LogP contribution in [0.4, 0.5) is 4.39 Å². The number of aliphatic hydroxyl groups excluding tert-OH is 1. The lowest BCUT2D eigenvalue weighted by Crippen LogP contribution is -2.23. The maximum atomic E-state index is 13.4. The highest BCUT2D eigenvalue weighted by Gasteiger charge is 2.28. The van der Waals surface area contributed by atoms with Gasteiger partial charge in [-0.15, -0.1) is 0 Å². The normalized spacial score (nSPS) is 14.2. The molecule has 2 atom stereocenters. The van der Waals surface area contributed by atoms with E-state index in [9.17, 15) is 14.3 Å². The van der Waals surface area contributed by atoms with Crippen LogP contribution in [0, 0.1) is 11.7 Å². The Labute approximate surface area is 93.9 Å². The molecule has 4 heteroatoms. The first kappa shape index (κ1) is 12.6. The van der Waals surface area contributed by atoms with E-state index < -0.39 is 23.8 Å². The van der Waals surface area contributed by atoms with Crippen molar-refractivity contribution in [2.45, 2.75) is 19.4 Å². The summed E-state index contributed by atoms with van der Waals surface area (Å²) in [6, 6.07) is 5.87. The minimum absolute atomic E-state index is 0.125. The zero-order valence-corrected chi connectivity index (χ0v) is 9.31. The Hall–Kier alpha value is -1.42. The summed E-state index contributed by atoms with van der Waals surface area (Å²) < 4.78 is 18.0. The third-order valence-electron chi connectivity index (χ3n) is 2.55. The van der Waals surface area contributed by atoms with Gasteiger partial charge in [-0.1, -0.05) is 25.1 Å². The van der Waals surface area contributed by atoms with Gasteiger partial charge in [-0.25, -0.2) is 4.39 Å². The summed E-state index contributed by atoms with van der Waals surface area (Å²) in [5.74, 6) is -1.78. The fourth-order valence-electron chi connectivity index (χ4n) is 1.60. The number of ether oxygens (including phenoxy) is 1. The van der Waals surface area contributed by atoms with E-state index in [0.29, 0.717) is 6.42 Å². The molecule has 0 aliphatic rings. The SMILES string of the molecule is CCC(C(=O)OC)C(O)c1ccccc1F. The average Bonchev–Trinajstić information content (AvgIpc) is 2.30. The predicted octanol–water partition coefficient (Wildman–Crippen LogP) is 2.06. The summed E-state index contributed by atoms with van der Waals surface area (Å²) in [7, 11) is 1.25. The van der Waals surface area contributed by atoms with E-state index in [1.165, 1.54) is 25.3 Å². The Morgan fingerprint density at radius 2 is 2.12 bits per heavy atom. The van der Waals surface area contributed by atoms with Crippen LogP contribution < -0.4 is 0 Å². The molecule has 0 radical (unpaired) electrons. The molecule has 0 fully saturated rings. The largest absolute Gasteiger partial charge is 0.469 e. The number of hydrogen-bond donors (Lipinski definition) is 1. The Morgan fingerprint density at radius 3 is 2.62 bits per heavy atom. The van der Waals surface area contributed by atoms with Crippen molar-refractivity contribution in [2.24, 2.45) is 5.92 Å². The summed E-state index contributed by atoms with van der Waals surface area (Å²) in [5, 5.41) is 9.92. The molecular weight excluding hydrogens is 211 g/mol. The third kappa shape index (κ3) is 2.58. The van der Waals surface area contributed by atoms with Crippen molar-refractivity contribution in [1.82, 2.24) is 0 Å². The van der Waals surface area contributed by atoms with Gasteiger partial charge >= 0.3 is 5.97 Å². The van der Waals surface area contributed by atoms with Crippen LogP contribution in [-0.4, -0.2) is 18.2 Å². The van der Waals surface area contributed by atoms with E-state index in [4.69, 9.17) is 0 Å². The standard InChI is InChI=1S/C12H15FO3/c1-3-8(12(15)16-2)11(14)9-6-4-5-7-10(9)13/h4-8,11,14H,3H2,1-2H3. The number of aliphatic hydroxyl groups is 1. The second-order valence-electron chi connectivity index (χ2n) is 3.50. The smallest absolute Gasteiger partial charge is 0.311 e. The van der Waals surface area contributed by atoms with E-state index in [-0.39, 0.29) is 5.56 Å². The van der Waals surface area contributed by atoms with E-state index in [2.05, 4.69) is 4.74 Å². The molecule has 1 rings (SSSR count). The first-order valence-electron chi connectivity index (χ1n) is 5.12. The minimum atomic E-state index is -1.17. The van der Waals surface area contributed by atoms with E-state index >= 15 is 0 Å². The van der Waals surface area contributed by atoms with Gasteiger partial charge in [0.15, 0.2) is 0 Å². The topological polar surface area (TPSA) is 46.5 Å². The predicted molar refractivity (Wildman–Crippen MR) is 57.2 cm³/mol. The van der Waals surface area contributed by atoms with Crippen molar-refractivity contribution in [2.75, 3.05) is 7.11 Å². The number of halogens is 1. The zero-order valence-electron chi connectivity index (χ0n) is 9.31. The van der Waals surface area contributed by atoms with Gasteiger partial charge in [-0.05, 0) is 12.5 Å². The van der Waals surface area contributed by atoms with Gasteiger partial charge in [0, 0.05) is 5.56 Å². The van der Waals surface area contributed by atoms with Crippen molar-refractivity contribution >= 4 is 5.97 Å². The van der Waals surface area contributed by atoms with Gasteiger partial charge in [0.2, 0.25) is 0 Å². The van der Waals surface area contributed by atoms with E-state index in [0.717, 1.165) is 0 Å². The van der Waals surface area contributed by atoms with Crippen molar-refractivity contribution in [3.63, 3.8) is 0 Å². The fraction of sp³-hybridized carbons (Fsp3) is 0.417. The van der Waals surface area contributed by atoms with Crippen LogP contribution in [0.5, 0.6) is 0 Å². The Kier molecular flexibility index (Phi) is 4.43. The summed E-state index contributed by atoms with van der Waals surface area (Å²) >= 11 is 0. The van der Waals surface area contributed by atoms with Crippen LogP contribution in [0.3, 0.4) is 0 Å². The zero-order chi connectivity index (χ0) is 12.1. The molecular formula is C12H15FO3. The molecule has 2 unspecified atom stereocenters. The summed E-state index contributed by atoms with van der Waals surface area (Å²) in [6.45, 7) is 1.74. The highest BCUT2D eigenvalue weighted by Crippen LogP contribution is 2.27. The molecule has 0 spiro atoms. The molecule has 0 aliphatic carbocycles. The molecule has 1 N–H and O–H groups in total. The van der Waals surface area contributed by atoms with Crippen molar-refractivity contribution in [3.05, 3.63) is 35.6 Å². The first-order valence-corrected chi connectivity index (χ1v) is 5.12. The highest BCUT2D eigenvalue weighted by molar-refractivity contribution is 5.73. The van der Waals surface area contributed by atoms with Crippen LogP contribution in [0.1, 0.15) is 25.0 Å². The number of hydrogen-bond acceptors (Lipinski definition) is 3. The van der Waals surface area contributed by atoms with Crippen LogP contribution in [0.2, 0.25) is 0 Å². The van der Waals surface area contributed by atoms with Gasteiger partial charge in [0.25, 0.3) is 0 Å². The monoisotopic (exact) mass is 226 g/mol. The molecule has 0 heterocycles. The minimum Gasteiger partial charge on any atom is -0.469 e. The lowest BCUT2D eigenvalue weighted by Gasteiger charge is -2.19. The van der Waals surface area contributed by atoms with Gasteiger partial charge < -0.3 is 9.84 Å². The Bertz CT molecular complexity index is 365. The summed E-state index contributed by atoms with van der Waals surface area (Å²) in [4.78, 5) is 11.4. The number of carbonyl (C=O) groups is 1. The Morgan fingerprint density at radius 1 is 1.50 bits per heavy atom. The van der Waals surface area contributed by atoms with Crippen LogP contribution >= 0.6 is 0 Å². The van der Waals surface area contributed by atoms with Crippen LogP contribution in [0.15, 0.2) is 24.3 Å². The van der Waals surface area contributed by atoms with E-state index in [1.807, 2.05) is 0 Å². The van der Waals surface area contributed by atoms with Crippen molar-refractivity contribution in [1.29, 1.82) is 0 Å². The number of methoxy groups -OCH3 is 1. The molecule has 0 aromatic heterocycles. The number of rotatable bonds is 4. The maximum Gasteiger partial charge on any atom is 0.311 e. The summed E-state index contributed by atoms with van der Waals surface area (Å²) in [6.07, 6.45) is -0.777. The molecule has 1 aromatic carbocycles. The molecule has 0 saturated heterocycles. The average molecular weight is 226 g/mol. The lowest BCUT2D eigenvalue weighted by atomic mass is 9.93. The molecule has 0 bridgehead atoms. The van der Waals surface area contributed by atoms with Crippen molar-refractivity contribution in [3.8, 4) is 0 Å². The maximum absolute atomic E-state index is 13.4. The van der Waals surface area contributed by atoms with Crippen molar-refractivity contribution < 1.29 is 19.0 Å². The van der Waals surface area contributed by atoms with Crippen LogP contribution in [-0.2, 0) is 9.53 Å².